The Bertz CT molecular complexity index is 997. The number of carbonyl (C=O) groups is 2. The van der Waals surface area contributed by atoms with Gasteiger partial charge in [-0.1, -0.05) is 23.9 Å². The molecule has 2 aromatic heterocycles. The van der Waals surface area contributed by atoms with Gasteiger partial charge in [-0.15, -0.1) is 16.8 Å². The molecule has 150 valence electrons. The van der Waals surface area contributed by atoms with E-state index < -0.39 is 0 Å². The average Bonchev–Trinajstić information content (AvgIpc) is 3.37. The summed E-state index contributed by atoms with van der Waals surface area (Å²) in [6.45, 7) is 6.63. The maximum Gasteiger partial charge on any atom is 0.251 e. The minimum atomic E-state index is -0.212. The smallest absolute Gasteiger partial charge is 0.251 e. The number of aromatic nitrogens is 3. The number of allylic oxidation sites excluding steroid dienone is 1. The molecule has 0 aliphatic heterocycles. The molecule has 0 atom stereocenters. The fourth-order valence-electron chi connectivity index (χ4n) is 2.61. The van der Waals surface area contributed by atoms with E-state index >= 15 is 0 Å². The minimum Gasteiger partial charge on any atom is -0.461 e. The van der Waals surface area contributed by atoms with Gasteiger partial charge in [0.1, 0.15) is 0 Å². The van der Waals surface area contributed by atoms with Crippen molar-refractivity contribution in [1.29, 1.82) is 0 Å². The van der Waals surface area contributed by atoms with Gasteiger partial charge in [0, 0.05) is 24.3 Å². The number of benzene rings is 1. The van der Waals surface area contributed by atoms with Gasteiger partial charge in [0.25, 0.3) is 5.91 Å². The predicted molar refractivity (Wildman–Crippen MR) is 112 cm³/mol. The molecule has 0 fully saturated rings. The molecule has 8 nitrogen and oxygen atoms in total. The van der Waals surface area contributed by atoms with Gasteiger partial charge in [-0.25, -0.2) is 0 Å². The highest BCUT2D eigenvalue weighted by atomic mass is 32.2. The van der Waals surface area contributed by atoms with Crippen LogP contribution in [0.3, 0.4) is 0 Å². The van der Waals surface area contributed by atoms with E-state index in [0.29, 0.717) is 41.1 Å². The summed E-state index contributed by atoms with van der Waals surface area (Å²) in [5.74, 6) is 0.917. The first-order valence-corrected chi connectivity index (χ1v) is 9.99. The first-order chi connectivity index (χ1) is 14.1. The molecule has 29 heavy (non-hydrogen) atoms. The van der Waals surface area contributed by atoms with Gasteiger partial charge in [-0.2, -0.15) is 0 Å². The lowest BCUT2D eigenvalue weighted by Crippen LogP contribution is -2.23. The van der Waals surface area contributed by atoms with Crippen LogP contribution >= 0.6 is 11.8 Å². The number of anilines is 1. The molecule has 0 aliphatic rings. The normalized spacial score (nSPS) is 10.5. The van der Waals surface area contributed by atoms with E-state index in [9.17, 15) is 9.59 Å². The van der Waals surface area contributed by atoms with Crippen molar-refractivity contribution in [2.45, 2.75) is 18.6 Å². The second-order valence-corrected chi connectivity index (χ2v) is 6.90. The third-order valence-electron chi connectivity index (χ3n) is 3.85. The van der Waals surface area contributed by atoms with E-state index in [1.54, 1.807) is 48.7 Å². The highest BCUT2D eigenvalue weighted by molar-refractivity contribution is 7.99. The number of hydrogen-bond donors (Lipinski definition) is 2. The van der Waals surface area contributed by atoms with E-state index in [1.165, 1.54) is 11.8 Å². The van der Waals surface area contributed by atoms with E-state index in [1.807, 2.05) is 11.5 Å². The Morgan fingerprint density at radius 2 is 2.14 bits per heavy atom. The van der Waals surface area contributed by atoms with Gasteiger partial charge < -0.3 is 15.1 Å². The summed E-state index contributed by atoms with van der Waals surface area (Å²) in [7, 11) is 0. The summed E-state index contributed by atoms with van der Waals surface area (Å²) in [4.78, 5) is 24.3. The molecule has 0 saturated heterocycles. The molecule has 0 saturated carbocycles. The Balaban J connectivity index is 1.65. The molecule has 0 bridgehead atoms. The topological polar surface area (TPSA) is 102 Å². The van der Waals surface area contributed by atoms with Crippen LogP contribution in [-0.2, 0) is 11.3 Å². The second-order valence-electron chi connectivity index (χ2n) is 5.96. The number of hydrogen-bond acceptors (Lipinski definition) is 6. The highest BCUT2D eigenvalue weighted by Gasteiger charge is 2.16. The highest BCUT2D eigenvalue weighted by Crippen LogP contribution is 2.24. The van der Waals surface area contributed by atoms with Gasteiger partial charge in [0.15, 0.2) is 10.9 Å². The molecular formula is C20H21N5O3S. The number of amides is 2. The molecule has 0 spiro atoms. The first-order valence-electron chi connectivity index (χ1n) is 9.01. The lowest BCUT2D eigenvalue weighted by Gasteiger charge is -2.08. The molecule has 0 unspecified atom stereocenters. The molecular weight excluding hydrogens is 390 g/mol. The fraction of sp³-hybridized carbons (Fsp3) is 0.200. The van der Waals surface area contributed by atoms with Crippen molar-refractivity contribution in [2.24, 2.45) is 0 Å². The largest absolute Gasteiger partial charge is 0.461 e. The summed E-state index contributed by atoms with van der Waals surface area (Å²) in [5, 5.41) is 14.4. The van der Waals surface area contributed by atoms with Gasteiger partial charge in [0.2, 0.25) is 11.7 Å². The minimum absolute atomic E-state index is 0.138. The quantitative estimate of drug-likeness (QED) is 0.414. The van der Waals surface area contributed by atoms with Gasteiger partial charge >= 0.3 is 0 Å². The monoisotopic (exact) mass is 411 g/mol. The SMILES string of the molecule is C=CCn1c(SCC(=O)Nc2cccc(C(=O)NCC)c2)nnc1-c1ccco1. The van der Waals surface area contributed by atoms with Crippen molar-refractivity contribution in [3.63, 3.8) is 0 Å². The second kappa shape index (κ2) is 9.74. The van der Waals surface area contributed by atoms with Crippen LogP contribution in [0.15, 0.2) is 64.9 Å². The van der Waals surface area contributed by atoms with Crippen molar-refractivity contribution in [3.05, 3.63) is 60.9 Å². The molecule has 2 N–H and O–H groups in total. The van der Waals surface area contributed by atoms with E-state index in [2.05, 4.69) is 27.4 Å². The molecule has 0 radical (unpaired) electrons. The Morgan fingerprint density at radius 1 is 1.28 bits per heavy atom. The molecule has 0 aliphatic carbocycles. The zero-order chi connectivity index (χ0) is 20.6. The molecule has 2 heterocycles. The van der Waals surface area contributed by atoms with E-state index in [0.717, 1.165) is 0 Å². The van der Waals surface area contributed by atoms with Crippen molar-refractivity contribution >= 4 is 29.3 Å². The number of carbonyl (C=O) groups excluding carboxylic acids is 2. The van der Waals surface area contributed by atoms with Crippen LogP contribution in [0.25, 0.3) is 11.6 Å². The summed E-state index contributed by atoms with van der Waals surface area (Å²) in [6, 6.07) is 10.4. The van der Waals surface area contributed by atoms with E-state index in [-0.39, 0.29) is 17.6 Å². The van der Waals surface area contributed by atoms with Crippen molar-refractivity contribution in [3.8, 4) is 11.6 Å². The van der Waals surface area contributed by atoms with E-state index in [4.69, 9.17) is 4.42 Å². The fourth-order valence-corrected chi connectivity index (χ4v) is 3.35. The van der Waals surface area contributed by atoms with Crippen LogP contribution in [0.1, 0.15) is 17.3 Å². The average molecular weight is 411 g/mol. The third-order valence-corrected chi connectivity index (χ3v) is 4.82. The van der Waals surface area contributed by atoms with Gasteiger partial charge in [-0.05, 0) is 37.3 Å². The third kappa shape index (κ3) is 5.14. The van der Waals surface area contributed by atoms with Gasteiger partial charge in [-0.3, -0.25) is 14.2 Å². The number of nitrogens with one attached hydrogen (secondary N) is 2. The molecule has 3 aromatic rings. The zero-order valence-corrected chi connectivity index (χ0v) is 16.7. The number of rotatable bonds is 9. The lowest BCUT2D eigenvalue weighted by molar-refractivity contribution is -0.113. The number of furan rings is 1. The molecule has 1 aromatic carbocycles. The van der Waals surface area contributed by atoms with Crippen LogP contribution in [0.4, 0.5) is 5.69 Å². The summed E-state index contributed by atoms with van der Waals surface area (Å²) in [6.07, 6.45) is 3.30. The van der Waals surface area contributed by atoms with Crippen LogP contribution in [0, 0.1) is 0 Å². The lowest BCUT2D eigenvalue weighted by atomic mass is 10.2. The zero-order valence-electron chi connectivity index (χ0n) is 15.9. The van der Waals surface area contributed by atoms with Crippen molar-refractivity contribution in [1.82, 2.24) is 20.1 Å². The maximum absolute atomic E-state index is 12.4. The Hall–Kier alpha value is -3.33. The Labute approximate surface area is 172 Å². The number of nitrogens with zero attached hydrogens (tertiary/aromatic N) is 3. The maximum atomic E-state index is 12.4. The van der Waals surface area contributed by atoms with Crippen molar-refractivity contribution < 1.29 is 14.0 Å². The van der Waals surface area contributed by atoms with Gasteiger partial charge in [0.05, 0.1) is 12.0 Å². The van der Waals surface area contributed by atoms with Crippen molar-refractivity contribution in [2.75, 3.05) is 17.6 Å². The number of thioether (sulfide) groups is 1. The summed E-state index contributed by atoms with van der Waals surface area (Å²) in [5.41, 5.74) is 1.05. The van der Waals surface area contributed by atoms with Crippen LogP contribution < -0.4 is 10.6 Å². The molecule has 2 amide bonds. The summed E-state index contributed by atoms with van der Waals surface area (Å²) >= 11 is 1.26. The first kappa shape index (κ1) is 20.4. The summed E-state index contributed by atoms with van der Waals surface area (Å²) < 4.78 is 7.23. The standard InChI is InChI=1S/C20H21N5O3S/c1-3-10-25-18(16-9-6-11-28-16)23-24-20(25)29-13-17(26)22-15-8-5-7-14(12-15)19(27)21-4-2/h3,5-9,11-12H,1,4,10,13H2,2H3,(H,21,27)(H,22,26). The Kier molecular flexibility index (Phi) is 6.85. The van der Waals surface area contributed by atoms with Crippen LogP contribution in [-0.4, -0.2) is 38.9 Å². The van der Waals surface area contributed by atoms with Crippen LogP contribution in [0.2, 0.25) is 0 Å². The van der Waals surface area contributed by atoms with Crippen LogP contribution in [0.5, 0.6) is 0 Å². The molecule has 3 rings (SSSR count). The Morgan fingerprint density at radius 3 is 2.86 bits per heavy atom. The predicted octanol–water partition coefficient (Wildman–Crippen LogP) is 3.20. The molecule has 9 heteroatoms.